The molecular weight excluding hydrogens is 268 g/mol. The average molecular weight is 288 g/mol. The Morgan fingerprint density at radius 2 is 1.35 bits per heavy atom. The van der Waals surface area contributed by atoms with Gasteiger partial charge in [0.05, 0.1) is 0 Å². The molecule has 4 amide bonds. The normalized spacial score (nSPS) is 22.4. The summed E-state index contributed by atoms with van der Waals surface area (Å²) in [7, 11) is 2.86. The zero-order valence-corrected chi connectivity index (χ0v) is 11.6. The van der Waals surface area contributed by atoms with E-state index in [0.29, 0.717) is 0 Å². The third-order valence-corrected chi connectivity index (χ3v) is 3.03. The Kier molecular flexibility index (Phi) is 5.71. The van der Waals surface area contributed by atoms with Crippen LogP contribution in [0.5, 0.6) is 0 Å². The third-order valence-electron chi connectivity index (χ3n) is 3.03. The number of primary amides is 2. The smallest absolute Gasteiger partial charge is 0.324 e. The standard InChI is InChI=1S/C11H20N4O5/c1-19-9-10(20-2)15(6-4-8(13)17)11(18)14(9)5-3-7(12)16/h9-10H,3-6H2,1-2H3,(H2,12,16)(H2,13,17). The molecule has 1 aliphatic rings. The van der Waals surface area contributed by atoms with Crippen LogP contribution in [0.2, 0.25) is 0 Å². The largest absolute Gasteiger partial charge is 0.370 e. The maximum atomic E-state index is 12.3. The number of carbonyl (C=O) groups excluding carboxylic acids is 3. The maximum absolute atomic E-state index is 12.3. The number of hydrogen-bond donors (Lipinski definition) is 2. The van der Waals surface area contributed by atoms with Crippen LogP contribution < -0.4 is 11.5 Å². The number of rotatable bonds is 8. The first-order valence-corrected chi connectivity index (χ1v) is 6.11. The Morgan fingerprint density at radius 1 is 1.00 bits per heavy atom. The maximum Gasteiger partial charge on any atom is 0.324 e. The van der Waals surface area contributed by atoms with Gasteiger partial charge in [-0.1, -0.05) is 0 Å². The van der Waals surface area contributed by atoms with E-state index in [-0.39, 0.29) is 32.0 Å². The first-order chi connectivity index (χ1) is 9.42. The van der Waals surface area contributed by atoms with Gasteiger partial charge in [0.15, 0.2) is 12.5 Å². The Labute approximate surface area is 116 Å². The molecule has 0 aromatic heterocycles. The Bertz CT molecular complexity index is 355. The highest BCUT2D eigenvalue weighted by Crippen LogP contribution is 2.24. The molecule has 0 aliphatic carbocycles. The van der Waals surface area contributed by atoms with Crippen LogP contribution in [0.1, 0.15) is 12.8 Å². The molecular formula is C11H20N4O5. The molecule has 0 aromatic rings. The number of methoxy groups -OCH3 is 2. The second kappa shape index (κ2) is 7.06. The topological polar surface area (TPSA) is 128 Å². The van der Waals surface area contributed by atoms with Crippen molar-refractivity contribution in [1.82, 2.24) is 9.80 Å². The fraction of sp³-hybridized carbons (Fsp3) is 0.727. The lowest BCUT2D eigenvalue weighted by Crippen LogP contribution is -2.41. The molecule has 0 saturated carbocycles. The Balaban J connectivity index is 2.82. The molecule has 1 saturated heterocycles. The van der Waals surface area contributed by atoms with Crippen LogP contribution in [0, 0.1) is 0 Å². The van der Waals surface area contributed by atoms with Crippen LogP contribution in [0.3, 0.4) is 0 Å². The van der Waals surface area contributed by atoms with E-state index in [4.69, 9.17) is 20.9 Å². The molecule has 1 heterocycles. The summed E-state index contributed by atoms with van der Waals surface area (Å²) in [4.78, 5) is 36.6. The monoisotopic (exact) mass is 288 g/mol. The van der Waals surface area contributed by atoms with Gasteiger partial charge in [-0.2, -0.15) is 0 Å². The van der Waals surface area contributed by atoms with E-state index in [1.165, 1.54) is 24.0 Å². The number of carbonyl (C=O) groups is 3. The van der Waals surface area contributed by atoms with E-state index < -0.39 is 24.3 Å². The molecule has 114 valence electrons. The third kappa shape index (κ3) is 3.58. The molecule has 1 fully saturated rings. The molecule has 0 bridgehead atoms. The van der Waals surface area contributed by atoms with E-state index in [1.807, 2.05) is 0 Å². The predicted molar refractivity (Wildman–Crippen MR) is 68.0 cm³/mol. The Morgan fingerprint density at radius 3 is 1.60 bits per heavy atom. The fourth-order valence-electron chi connectivity index (χ4n) is 2.08. The van der Waals surface area contributed by atoms with Gasteiger partial charge in [-0.3, -0.25) is 19.4 Å². The molecule has 2 atom stereocenters. The highest BCUT2D eigenvalue weighted by atomic mass is 16.6. The van der Waals surface area contributed by atoms with Gasteiger partial charge in [-0.05, 0) is 0 Å². The van der Waals surface area contributed by atoms with Gasteiger partial charge in [-0.25, -0.2) is 4.79 Å². The molecule has 4 N–H and O–H groups in total. The lowest BCUT2D eigenvalue weighted by molar-refractivity contribution is -0.123. The second-order valence-electron chi connectivity index (χ2n) is 4.35. The summed E-state index contributed by atoms with van der Waals surface area (Å²) in [6.45, 7) is 0.249. The van der Waals surface area contributed by atoms with Crippen molar-refractivity contribution < 1.29 is 23.9 Å². The Hall–Kier alpha value is -1.87. The van der Waals surface area contributed by atoms with Crippen LogP contribution in [0.25, 0.3) is 0 Å². The van der Waals surface area contributed by atoms with Crippen LogP contribution in [-0.4, -0.2) is 67.4 Å². The van der Waals surface area contributed by atoms with Gasteiger partial charge in [0, 0.05) is 40.2 Å². The molecule has 2 unspecified atom stereocenters. The summed E-state index contributed by atoms with van der Waals surface area (Å²) in [5.74, 6) is -1.03. The van der Waals surface area contributed by atoms with Crippen molar-refractivity contribution in [3.05, 3.63) is 0 Å². The summed E-state index contributed by atoms with van der Waals surface area (Å²) >= 11 is 0. The molecule has 9 nitrogen and oxygen atoms in total. The summed E-state index contributed by atoms with van der Waals surface area (Å²) in [6.07, 6.45) is -1.29. The highest BCUT2D eigenvalue weighted by Gasteiger charge is 2.46. The van der Waals surface area contributed by atoms with Gasteiger partial charge in [0.25, 0.3) is 0 Å². The van der Waals surface area contributed by atoms with Crippen molar-refractivity contribution in [3.8, 4) is 0 Å². The van der Waals surface area contributed by atoms with Gasteiger partial charge in [0.2, 0.25) is 11.8 Å². The summed E-state index contributed by atoms with van der Waals surface area (Å²) < 4.78 is 10.5. The number of nitrogens with zero attached hydrogens (tertiary/aromatic N) is 2. The first kappa shape index (κ1) is 16.2. The predicted octanol–water partition coefficient (Wildman–Crippen LogP) is -1.58. The quantitative estimate of drug-likeness (QED) is 0.557. The van der Waals surface area contributed by atoms with Gasteiger partial charge in [-0.15, -0.1) is 0 Å². The fourth-order valence-corrected chi connectivity index (χ4v) is 2.08. The van der Waals surface area contributed by atoms with E-state index in [0.717, 1.165) is 0 Å². The van der Waals surface area contributed by atoms with E-state index in [2.05, 4.69) is 0 Å². The zero-order valence-electron chi connectivity index (χ0n) is 11.6. The minimum atomic E-state index is -0.667. The van der Waals surface area contributed by atoms with Crippen molar-refractivity contribution in [1.29, 1.82) is 0 Å². The highest BCUT2D eigenvalue weighted by molar-refractivity contribution is 5.80. The molecule has 0 aromatic carbocycles. The van der Waals surface area contributed by atoms with Crippen LogP contribution in [0.15, 0.2) is 0 Å². The van der Waals surface area contributed by atoms with Crippen molar-refractivity contribution in [2.24, 2.45) is 11.5 Å². The number of hydrogen-bond acceptors (Lipinski definition) is 5. The second-order valence-corrected chi connectivity index (χ2v) is 4.35. The average Bonchev–Trinajstić information content (AvgIpc) is 2.65. The van der Waals surface area contributed by atoms with Crippen molar-refractivity contribution >= 4 is 17.8 Å². The van der Waals surface area contributed by atoms with Crippen molar-refractivity contribution in [2.75, 3.05) is 27.3 Å². The molecule has 1 rings (SSSR count). The molecule has 0 spiro atoms. The van der Waals surface area contributed by atoms with Gasteiger partial charge < -0.3 is 20.9 Å². The van der Waals surface area contributed by atoms with Gasteiger partial charge >= 0.3 is 6.03 Å². The van der Waals surface area contributed by atoms with Crippen LogP contribution in [-0.2, 0) is 19.1 Å². The van der Waals surface area contributed by atoms with E-state index in [9.17, 15) is 14.4 Å². The zero-order chi connectivity index (χ0) is 15.3. The first-order valence-electron chi connectivity index (χ1n) is 6.11. The van der Waals surface area contributed by atoms with Crippen LogP contribution in [0.4, 0.5) is 4.79 Å². The lowest BCUT2D eigenvalue weighted by Gasteiger charge is -2.24. The molecule has 20 heavy (non-hydrogen) atoms. The van der Waals surface area contributed by atoms with Crippen molar-refractivity contribution in [2.45, 2.75) is 25.3 Å². The van der Waals surface area contributed by atoms with Gasteiger partial charge in [0.1, 0.15) is 0 Å². The summed E-state index contributed by atoms with van der Waals surface area (Å²) in [5.41, 5.74) is 10.2. The van der Waals surface area contributed by atoms with E-state index >= 15 is 0 Å². The van der Waals surface area contributed by atoms with Crippen LogP contribution >= 0.6 is 0 Å². The SMILES string of the molecule is COC1C(OC)N(CCC(N)=O)C(=O)N1CCC(N)=O. The lowest BCUT2D eigenvalue weighted by atomic mass is 10.3. The minimum absolute atomic E-state index is 0.0195. The number of urea groups is 1. The number of amides is 4. The van der Waals surface area contributed by atoms with E-state index in [1.54, 1.807) is 0 Å². The molecule has 0 radical (unpaired) electrons. The summed E-state index contributed by atoms with van der Waals surface area (Å²) in [5, 5.41) is 0. The molecule has 9 heteroatoms. The number of nitrogens with two attached hydrogens (primary N) is 2. The number of ether oxygens (including phenoxy) is 2. The molecule has 1 aliphatic heterocycles. The van der Waals surface area contributed by atoms with Crippen molar-refractivity contribution in [3.63, 3.8) is 0 Å². The minimum Gasteiger partial charge on any atom is -0.370 e. The summed E-state index contributed by atoms with van der Waals surface area (Å²) in [6, 6.07) is -0.383.